The minimum atomic E-state index is -0.832. The molecule has 2 rings (SSSR count). The lowest BCUT2D eigenvalue weighted by Gasteiger charge is -2.24. The van der Waals surface area contributed by atoms with Crippen LogP contribution in [0, 0.1) is 5.41 Å². The number of carbonyl (C=O) groups excluding carboxylic acids is 1. The maximum absolute atomic E-state index is 12.1. The van der Waals surface area contributed by atoms with E-state index in [-0.39, 0.29) is 12.5 Å². The second-order valence-electron chi connectivity index (χ2n) is 5.21. The number of anilines is 1. The zero-order chi connectivity index (χ0) is 14.8. The molecule has 1 saturated carbocycles. The van der Waals surface area contributed by atoms with E-state index in [0.29, 0.717) is 28.6 Å². The number of nitrogens with two attached hydrogens (primary N) is 1. The molecule has 0 aliphatic heterocycles. The number of carboxylic acid groups (broad SMARTS) is 1. The van der Waals surface area contributed by atoms with E-state index in [2.05, 4.69) is 21.2 Å². The first kappa shape index (κ1) is 14.8. The number of carbonyl (C=O) groups is 2. The molecule has 1 fully saturated rings. The van der Waals surface area contributed by atoms with Gasteiger partial charge in [0.15, 0.2) is 0 Å². The Morgan fingerprint density at radius 3 is 2.60 bits per heavy atom. The van der Waals surface area contributed by atoms with Crippen molar-refractivity contribution in [2.24, 2.45) is 5.41 Å². The van der Waals surface area contributed by atoms with Crippen molar-refractivity contribution >= 4 is 33.5 Å². The van der Waals surface area contributed by atoms with Crippen molar-refractivity contribution in [3.05, 3.63) is 28.2 Å². The smallest absolute Gasteiger partial charge is 0.311 e. The molecule has 0 bridgehead atoms. The van der Waals surface area contributed by atoms with Crippen LogP contribution in [0.1, 0.15) is 36.0 Å². The van der Waals surface area contributed by atoms with Gasteiger partial charge in [-0.1, -0.05) is 12.8 Å². The highest BCUT2D eigenvalue weighted by molar-refractivity contribution is 9.10. The normalized spacial score (nSPS) is 16.9. The van der Waals surface area contributed by atoms with Crippen LogP contribution in [0.2, 0.25) is 0 Å². The molecule has 1 aromatic carbocycles. The maximum atomic E-state index is 12.1. The van der Waals surface area contributed by atoms with Crippen molar-refractivity contribution in [3.8, 4) is 0 Å². The summed E-state index contributed by atoms with van der Waals surface area (Å²) >= 11 is 3.29. The van der Waals surface area contributed by atoms with Crippen LogP contribution in [-0.2, 0) is 4.79 Å². The van der Waals surface area contributed by atoms with Crippen molar-refractivity contribution in [1.82, 2.24) is 5.32 Å². The van der Waals surface area contributed by atoms with Gasteiger partial charge in [0.05, 0.1) is 11.0 Å². The van der Waals surface area contributed by atoms with Crippen molar-refractivity contribution in [3.63, 3.8) is 0 Å². The van der Waals surface area contributed by atoms with E-state index in [1.54, 1.807) is 18.2 Å². The fourth-order valence-electron chi connectivity index (χ4n) is 2.58. The zero-order valence-electron chi connectivity index (χ0n) is 11.0. The summed E-state index contributed by atoms with van der Waals surface area (Å²) < 4.78 is 0.639. The first-order valence-corrected chi connectivity index (χ1v) is 7.30. The lowest BCUT2D eigenvalue weighted by atomic mass is 9.86. The summed E-state index contributed by atoms with van der Waals surface area (Å²) in [6.07, 6.45) is 3.01. The van der Waals surface area contributed by atoms with Gasteiger partial charge in [-0.05, 0) is 47.0 Å². The topological polar surface area (TPSA) is 92.4 Å². The number of rotatable bonds is 4. The molecule has 0 atom stereocenters. The molecule has 108 valence electrons. The molecule has 1 aromatic rings. The SMILES string of the molecule is Nc1ccc(Br)c(C(=O)NCC2(C(=O)O)CCCC2)c1. The van der Waals surface area contributed by atoms with Gasteiger partial charge in [-0.25, -0.2) is 0 Å². The van der Waals surface area contributed by atoms with Crippen molar-refractivity contribution in [1.29, 1.82) is 0 Å². The molecule has 0 unspecified atom stereocenters. The quantitative estimate of drug-likeness (QED) is 0.734. The monoisotopic (exact) mass is 340 g/mol. The summed E-state index contributed by atoms with van der Waals surface area (Å²) in [6, 6.07) is 4.96. The van der Waals surface area contributed by atoms with Crippen LogP contribution in [0.4, 0.5) is 5.69 Å². The van der Waals surface area contributed by atoms with Gasteiger partial charge in [-0.15, -0.1) is 0 Å². The van der Waals surface area contributed by atoms with E-state index in [1.165, 1.54) is 0 Å². The molecule has 1 amide bonds. The number of halogens is 1. The molecule has 0 radical (unpaired) electrons. The lowest BCUT2D eigenvalue weighted by molar-refractivity contribution is -0.148. The summed E-state index contributed by atoms with van der Waals surface area (Å²) in [5.74, 6) is -1.14. The fraction of sp³-hybridized carbons (Fsp3) is 0.429. The number of nitrogen functional groups attached to an aromatic ring is 1. The number of nitrogens with one attached hydrogen (secondary N) is 1. The molecule has 1 aliphatic rings. The summed E-state index contributed by atoms with van der Waals surface area (Å²) in [5.41, 5.74) is 5.76. The highest BCUT2D eigenvalue weighted by Gasteiger charge is 2.41. The molecule has 1 aliphatic carbocycles. The summed E-state index contributed by atoms with van der Waals surface area (Å²) in [4.78, 5) is 23.6. The molecule has 0 aromatic heterocycles. The molecule has 20 heavy (non-hydrogen) atoms. The van der Waals surface area contributed by atoms with Gasteiger partial charge in [-0.2, -0.15) is 0 Å². The Kier molecular flexibility index (Phi) is 4.32. The molecule has 4 N–H and O–H groups in total. The van der Waals surface area contributed by atoms with Gasteiger partial charge in [-0.3, -0.25) is 9.59 Å². The Morgan fingerprint density at radius 2 is 2.00 bits per heavy atom. The molecule has 0 saturated heterocycles. The standard InChI is InChI=1S/C14H17BrN2O3/c15-11-4-3-9(16)7-10(11)12(18)17-8-14(13(19)20)5-1-2-6-14/h3-4,7H,1-2,5-6,8,16H2,(H,17,18)(H,19,20). The van der Waals surface area contributed by atoms with E-state index >= 15 is 0 Å². The van der Waals surface area contributed by atoms with Crippen molar-refractivity contribution in [2.75, 3.05) is 12.3 Å². The van der Waals surface area contributed by atoms with Gasteiger partial charge in [0.25, 0.3) is 5.91 Å². The van der Waals surface area contributed by atoms with Crippen LogP contribution in [-0.4, -0.2) is 23.5 Å². The van der Waals surface area contributed by atoms with Gasteiger partial charge in [0.2, 0.25) is 0 Å². The van der Waals surface area contributed by atoms with E-state index in [9.17, 15) is 14.7 Å². The minimum Gasteiger partial charge on any atom is -0.481 e. The van der Waals surface area contributed by atoms with Crippen molar-refractivity contribution < 1.29 is 14.7 Å². The number of aliphatic carboxylic acids is 1. The lowest BCUT2D eigenvalue weighted by Crippen LogP contribution is -2.41. The van der Waals surface area contributed by atoms with Crippen LogP contribution in [0.15, 0.2) is 22.7 Å². The molecule has 0 heterocycles. The number of hydrogen-bond donors (Lipinski definition) is 3. The number of carboxylic acids is 1. The van der Waals surface area contributed by atoms with Gasteiger partial charge < -0.3 is 16.2 Å². The minimum absolute atomic E-state index is 0.155. The Bertz CT molecular complexity index is 539. The number of benzene rings is 1. The number of amides is 1. The van der Waals surface area contributed by atoms with Gasteiger partial charge in [0.1, 0.15) is 0 Å². The first-order chi connectivity index (χ1) is 9.44. The second kappa shape index (κ2) is 5.83. The third-order valence-corrected chi connectivity index (χ3v) is 4.53. The highest BCUT2D eigenvalue weighted by atomic mass is 79.9. The molecular weight excluding hydrogens is 324 g/mol. The average Bonchev–Trinajstić information content (AvgIpc) is 2.89. The third kappa shape index (κ3) is 2.95. The zero-order valence-corrected chi connectivity index (χ0v) is 12.6. The molecular formula is C14H17BrN2O3. The number of hydrogen-bond acceptors (Lipinski definition) is 3. The first-order valence-electron chi connectivity index (χ1n) is 6.51. The van der Waals surface area contributed by atoms with E-state index in [4.69, 9.17) is 5.73 Å². The van der Waals surface area contributed by atoms with Crippen LogP contribution < -0.4 is 11.1 Å². The Hall–Kier alpha value is -1.56. The van der Waals surface area contributed by atoms with Crippen LogP contribution in [0.5, 0.6) is 0 Å². The summed E-state index contributed by atoms with van der Waals surface area (Å²) in [7, 11) is 0. The van der Waals surface area contributed by atoms with Crippen LogP contribution in [0.3, 0.4) is 0 Å². The van der Waals surface area contributed by atoms with Gasteiger partial charge in [0, 0.05) is 16.7 Å². The van der Waals surface area contributed by atoms with E-state index < -0.39 is 11.4 Å². The predicted octanol–water partition coefficient (Wildman–Crippen LogP) is 2.41. The van der Waals surface area contributed by atoms with Crippen LogP contribution >= 0.6 is 15.9 Å². The maximum Gasteiger partial charge on any atom is 0.311 e. The average molecular weight is 341 g/mol. The van der Waals surface area contributed by atoms with Crippen LogP contribution in [0.25, 0.3) is 0 Å². The van der Waals surface area contributed by atoms with E-state index in [1.807, 2.05) is 0 Å². The predicted molar refractivity (Wildman–Crippen MR) is 79.4 cm³/mol. The third-order valence-electron chi connectivity index (χ3n) is 3.84. The van der Waals surface area contributed by atoms with E-state index in [0.717, 1.165) is 12.8 Å². The Balaban J connectivity index is 2.08. The highest BCUT2D eigenvalue weighted by Crippen LogP contribution is 2.37. The fourth-order valence-corrected chi connectivity index (χ4v) is 3.01. The largest absolute Gasteiger partial charge is 0.481 e. The summed E-state index contributed by atoms with van der Waals surface area (Å²) in [6.45, 7) is 0.155. The summed E-state index contributed by atoms with van der Waals surface area (Å²) in [5, 5.41) is 12.1. The molecule has 5 nitrogen and oxygen atoms in total. The molecule has 0 spiro atoms. The Labute approximate surface area is 125 Å². The molecule has 6 heteroatoms. The Morgan fingerprint density at radius 1 is 1.35 bits per heavy atom. The van der Waals surface area contributed by atoms with Gasteiger partial charge >= 0.3 is 5.97 Å². The van der Waals surface area contributed by atoms with Crippen molar-refractivity contribution in [2.45, 2.75) is 25.7 Å². The second-order valence-corrected chi connectivity index (χ2v) is 6.07.